The summed E-state index contributed by atoms with van der Waals surface area (Å²) in [4.78, 5) is 103. The molecule has 4 aromatic heterocycles. The summed E-state index contributed by atoms with van der Waals surface area (Å²) in [6.07, 6.45) is 2.11. The van der Waals surface area contributed by atoms with Crippen LogP contribution in [-0.2, 0) is 14.3 Å². The number of carbonyl (C=O) groups excluding carboxylic acids is 7. The third-order valence-corrected chi connectivity index (χ3v) is 11.9. The van der Waals surface area contributed by atoms with Crippen LogP contribution in [0.2, 0.25) is 0 Å². The minimum atomic E-state index is -1.42. The molecule has 0 unspecified atom stereocenters. The van der Waals surface area contributed by atoms with Crippen LogP contribution in [0.4, 0.5) is 8.78 Å². The number of Topliss-reactive ketones (excluding diaryl/α,β-unsaturated/α-hetero) is 2. The lowest BCUT2D eigenvalue weighted by Gasteiger charge is -2.21. The maximum Gasteiger partial charge on any atom is 0.385 e. The van der Waals surface area contributed by atoms with Crippen molar-refractivity contribution in [2.75, 3.05) is 21.2 Å². The monoisotopic (exact) mass is 1010 g/mol. The van der Waals surface area contributed by atoms with Gasteiger partial charge in [0.1, 0.15) is 45.8 Å². The van der Waals surface area contributed by atoms with Crippen LogP contribution in [0.3, 0.4) is 0 Å². The smallest absolute Gasteiger partial charge is 0.385 e. The highest BCUT2D eigenvalue weighted by molar-refractivity contribution is 6.45. The lowest BCUT2D eigenvalue weighted by molar-refractivity contribution is -0.135. The molecular weight excluding hydrogens is 961 g/mol. The summed E-state index contributed by atoms with van der Waals surface area (Å²) < 4.78 is 57.8. The van der Waals surface area contributed by atoms with E-state index in [-0.39, 0.29) is 106 Å². The third-order valence-electron chi connectivity index (χ3n) is 11.9. The molecule has 17 nitrogen and oxygen atoms in total. The Bertz CT molecular complexity index is 3830. The van der Waals surface area contributed by atoms with Crippen molar-refractivity contribution >= 4 is 85.0 Å². The molecule has 9 aromatic rings. The highest BCUT2D eigenvalue weighted by Crippen LogP contribution is 2.45. The summed E-state index contributed by atoms with van der Waals surface area (Å²) in [5.41, 5.74) is 0.0915. The lowest BCUT2D eigenvalue weighted by Crippen LogP contribution is -2.40. The van der Waals surface area contributed by atoms with Gasteiger partial charge < -0.3 is 49.0 Å². The van der Waals surface area contributed by atoms with Crippen LogP contribution < -0.4 is 25.4 Å². The van der Waals surface area contributed by atoms with Gasteiger partial charge in [-0.2, -0.15) is 0 Å². The first-order valence-electron chi connectivity index (χ1n) is 22.9. The minimum Gasteiger partial charge on any atom is -0.489 e. The Morgan fingerprint density at radius 1 is 0.622 bits per heavy atom. The number of esters is 2. The van der Waals surface area contributed by atoms with Crippen LogP contribution in [0.25, 0.3) is 77.5 Å². The van der Waals surface area contributed by atoms with Crippen molar-refractivity contribution in [3.8, 4) is 45.3 Å². The Kier molecular flexibility index (Phi) is 12.7. The second kappa shape index (κ2) is 19.0. The number of hydrogen-bond acceptors (Lipinski definition) is 12. The van der Waals surface area contributed by atoms with Crippen molar-refractivity contribution < 1.29 is 65.4 Å². The predicted molar refractivity (Wildman–Crippen MR) is 268 cm³/mol. The van der Waals surface area contributed by atoms with Crippen molar-refractivity contribution in [1.82, 2.24) is 25.9 Å². The first-order valence-corrected chi connectivity index (χ1v) is 22.9. The predicted octanol–water partition coefficient (Wildman–Crippen LogP) is 9.60. The molecule has 0 aliphatic heterocycles. The number of methoxy groups -OCH3 is 1. The van der Waals surface area contributed by atoms with Crippen LogP contribution in [0.5, 0.6) is 11.5 Å². The number of carbonyl (C=O) groups is 7. The summed E-state index contributed by atoms with van der Waals surface area (Å²) in [5, 5.41) is 8.47. The van der Waals surface area contributed by atoms with E-state index in [1.165, 1.54) is 99.3 Å². The van der Waals surface area contributed by atoms with E-state index in [1.807, 2.05) is 0 Å². The number of halogens is 2. The van der Waals surface area contributed by atoms with Gasteiger partial charge in [-0.1, -0.05) is 0 Å². The molecule has 0 bridgehead atoms. The maximum absolute atomic E-state index is 14.6. The van der Waals surface area contributed by atoms with Gasteiger partial charge in [0.15, 0.2) is 0 Å². The number of ether oxygens (including phenoxy) is 3. The number of ketones is 2. The van der Waals surface area contributed by atoms with Crippen LogP contribution >= 0.6 is 0 Å². The molecule has 0 saturated carbocycles. The standard InChI is InChI=1S/C55H45F2N5O12/c1-24(2)71-37-21-34-41(52(67)59-7)47(26-11-15-30(57)16-12-26)74-49(34)39-36(23-61-43(37)39)45(64)54(69)72-31-18-27(17-28(19-31)50(65)62-55(3,4)5)32-20-33-40(51(66)58-6)46(25-9-13-29(56)14-10-25)73-48(33)38-35(22-60-42(32)38)44(63)53(68)70-8/h9-24,60-61H,1-8H3,(H,58,66)(H,59,67)(H,62,65). The van der Waals surface area contributed by atoms with Gasteiger partial charge in [0.2, 0.25) is 0 Å². The molecule has 19 heteroatoms. The van der Waals surface area contributed by atoms with Gasteiger partial charge in [0.05, 0.1) is 57.3 Å². The first kappa shape index (κ1) is 49.6. The number of benzene rings is 5. The highest BCUT2D eigenvalue weighted by Gasteiger charge is 2.33. The average Bonchev–Trinajstić information content (AvgIpc) is 4.18. The van der Waals surface area contributed by atoms with E-state index in [4.69, 9.17) is 23.0 Å². The number of H-pyrrole nitrogens is 2. The average molecular weight is 1010 g/mol. The Labute approximate surface area is 418 Å². The number of aromatic amines is 2. The van der Waals surface area contributed by atoms with Crippen LogP contribution in [-0.4, -0.2) is 84.0 Å². The van der Waals surface area contributed by atoms with E-state index in [2.05, 4.69) is 25.9 Å². The zero-order valence-electron chi connectivity index (χ0n) is 40.9. The summed E-state index contributed by atoms with van der Waals surface area (Å²) >= 11 is 0. The Morgan fingerprint density at radius 2 is 1.12 bits per heavy atom. The molecule has 3 amide bonds. The first-order chi connectivity index (χ1) is 35.2. The molecule has 0 atom stereocenters. The van der Waals surface area contributed by atoms with Crippen molar-refractivity contribution in [1.29, 1.82) is 0 Å². The molecular formula is C55H45F2N5O12. The number of hydrogen-bond donors (Lipinski definition) is 5. The molecule has 5 aromatic carbocycles. The molecule has 376 valence electrons. The van der Waals surface area contributed by atoms with Gasteiger partial charge in [-0.3, -0.25) is 24.0 Å². The van der Waals surface area contributed by atoms with Gasteiger partial charge in [-0.15, -0.1) is 0 Å². The molecule has 0 radical (unpaired) electrons. The largest absolute Gasteiger partial charge is 0.489 e. The topological polar surface area (TPSA) is 241 Å². The fraction of sp³-hybridized carbons (Fsp3) is 0.182. The number of amides is 3. The zero-order chi connectivity index (χ0) is 53.1. The molecule has 9 rings (SSSR count). The molecule has 5 N–H and O–H groups in total. The van der Waals surface area contributed by atoms with Crippen LogP contribution in [0.1, 0.15) is 86.4 Å². The number of furan rings is 2. The summed E-state index contributed by atoms with van der Waals surface area (Å²) in [7, 11) is 3.84. The third kappa shape index (κ3) is 8.88. The van der Waals surface area contributed by atoms with Gasteiger partial charge in [0.25, 0.3) is 29.3 Å². The second-order valence-electron chi connectivity index (χ2n) is 18.4. The van der Waals surface area contributed by atoms with E-state index in [0.717, 1.165) is 7.11 Å². The van der Waals surface area contributed by atoms with Gasteiger partial charge in [-0.25, -0.2) is 18.4 Å². The Morgan fingerprint density at radius 3 is 1.62 bits per heavy atom. The number of nitrogens with one attached hydrogen (secondary N) is 5. The van der Waals surface area contributed by atoms with Gasteiger partial charge >= 0.3 is 11.9 Å². The molecule has 0 fully saturated rings. The molecule has 0 aliphatic rings. The normalized spacial score (nSPS) is 11.6. The quantitative estimate of drug-likeness (QED) is 0.0314. The summed E-state index contributed by atoms with van der Waals surface area (Å²) in [6, 6.07) is 17.5. The van der Waals surface area contributed by atoms with E-state index >= 15 is 0 Å². The fourth-order valence-corrected chi connectivity index (χ4v) is 8.75. The maximum atomic E-state index is 14.6. The minimum absolute atomic E-state index is 0.00886. The summed E-state index contributed by atoms with van der Waals surface area (Å²) in [5.74, 6) is -7.88. The molecule has 0 aliphatic carbocycles. The Hall–Kier alpha value is -9.39. The zero-order valence-corrected chi connectivity index (χ0v) is 40.9. The van der Waals surface area contributed by atoms with E-state index < -0.39 is 64.5 Å². The van der Waals surface area contributed by atoms with Crippen LogP contribution in [0.15, 0.2) is 100 Å². The molecule has 0 spiro atoms. The van der Waals surface area contributed by atoms with Gasteiger partial charge in [0, 0.05) is 65.1 Å². The van der Waals surface area contributed by atoms with Crippen molar-refractivity contribution in [2.45, 2.75) is 46.3 Å². The van der Waals surface area contributed by atoms with Crippen molar-refractivity contribution in [3.63, 3.8) is 0 Å². The van der Waals surface area contributed by atoms with E-state index in [0.29, 0.717) is 11.1 Å². The molecule has 0 saturated heterocycles. The van der Waals surface area contributed by atoms with Gasteiger partial charge in [-0.05, 0) is 119 Å². The summed E-state index contributed by atoms with van der Waals surface area (Å²) in [6.45, 7) is 8.78. The highest BCUT2D eigenvalue weighted by atomic mass is 19.1. The fourth-order valence-electron chi connectivity index (χ4n) is 8.75. The molecule has 4 heterocycles. The van der Waals surface area contributed by atoms with E-state index in [9.17, 15) is 42.3 Å². The number of fused-ring (bicyclic) bond motifs is 6. The Balaban J connectivity index is 1.23. The number of rotatable bonds is 13. The SMILES string of the molecule is CNC(=O)c1c(-c2ccc(F)cc2)oc2c1cc(OC(C)C)c1[nH]cc(C(=O)C(=O)Oc3cc(C(=O)NC(C)(C)C)cc(-c4cc5c(C(=O)NC)c(-c6ccc(F)cc6)oc5c5c(C(=O)C(=O)OC)c[nH]c45)c3)c12. The van der Waals surface area contributed by atoms with Crippen molar-refractivity contribution in [2.24, 2.45) is 0 Å². The van der Waals surface area contributed by atoms with Crippen LogP contribution in [0, 0.1) is 11.6 Å². The van der Waals surface area contributed by atoms with E-state index in [1.54, 1.807) is 40.7 Å². The molecule has 74 heavy (non-hydrogen) atoms. The van der Waals surface area contributed by atoms with Crippen molar-refractivity contribution in [3.05, 3.63) is 131 Å². The number of aromatic nitrogens is 2. The lowest BCUT2D eigenvalue weighted by atomic mass is 9.94. The second-order valence-corrected chi connectivity index (χ2v) is 18.4.